The second kappa shape index (κ2) is 7.86. The number of anilines is 2. The molecule has 6 rings (SSSR count). The molecule has 5 heteroatoms. The average Bonchev–Trinajstić information content (AvgIpc) is 2.99. The molecular weight excluding hydrogens is 382 g/mol. The molecule has 0 unspecified atom stereocenters. The fraction of sp³-hybridized carbons (Fsp3) is 0.500. The highest BCUT2D eigenvalue weighted by molar-refractivity contribution is 5.80. The molecule has 2 aliphatic heterocycles. The van der Waals surface area contributed by atoms with Crippen molar-refractivity contribution in [1.29, 1.82) is 0 Å². The van der Waals surface area contributed by atoms with E-state index in [9.17, 15) is 0 Å². The molecule has 1 aliphatic carbocycles. The molecule has 31 heavy (non-hydrogen) atoms. The first-order valence-corrected chi connectivity index (χ1v) is 12.0. The van der Waals surface area contributed by atoms with Crippen molar-refractivity contribution in [3.63, 3.8) is 0 Å². The Balaban J connectivity index is 1.16. The number of aromatic nitrogens is 2. The molecule has 2 aromatic carbocycles. The molecule has 162 valence electrons. The number of hydrogen-bond donors (Lipinski definition) is 0. The first kappa shape index (κ1) is 19.2. The summed E-state index contributed by atoms with van der Waals surface area (Å²) < 4.78 is 2.48. The van der Waals surface area contributed by atoms with E-state index in [1.54, 1.807) is 0 Å². The number of rotatable bonds is 3. The van der Waals surface area contributed by atoms with Gasteiger partial charge in [0.05, 0.1) is 11.0 Å². The number of fused-ring (bicyclic) bond motifs is 3. The third-order valence-electron chi connectivity index (χ3n) is 7.68. The molecule has 3 aliphatic rings. The zero-order valence-electron chi connectivity index (χ0n) is 18.6. The zero-order chi connectivity index (χ0) is 20.8. The van der Waals surface area contributed by atoms with E-state index >= 15 is 0 Å². The Morgan fingerprint density at radius 1 is 0.774 bits per heavy atom. The van der Waals surface area contributed by atoms with Crippen molar-refractivity contribution < 1.29 is 0 Å². The molecule has 1 saturated heterocycles. The molecule has 2 fully saturated rings. The van der Waals surface area contributed by atoms with E-state index in [-0.39, 0.29) is 0 Å². The molecular formula is C26H33N5. The average molecular weight is 416 g/mol. The summed E-state index contributed by atoms with van der Waals surface area (Å²) >= 11 is 0. The van der Waals surface area contributed by atoms with Crippen LogP contribution in [0.15, 0.2) is 42.5 Å². The maximum Gasteiger partial charge on any atom is 0.111 e. The number of imidazole rings is 1. The fourth-order valence-electron chi connectivity index (χ4n) is 5.48. The SMILES string of the molecule is Cc1ccc(N2CCN(c3ccc4c(c3)nc3n4CCN(C4CCC4)CC3)CC2)cc1. The summed E-state index contributed by atoms with van der Waals surface area (Å²) in [6.45, 7) is 9.82. The number of hydrogen-bond acceptors (Lipinski definition) is 4. The van der Waals surface area contributed by atoms with Crippen LogP contribution in [0.1, 0.15) is 30.7 Å². The fourth-order valence-corrected chi connectivity index (χ4v) is 5.48. The summed E-state index contributed by atoms with van der Waals surface area (Å²) in [4.78, 5) is 12.8. The van der Waals surface area contributed by atoms with Gasteiger partial charge in [-0.2, -0.15) is 0 Å². The first-order chi connectivity index (χ1) is 15.2. The Kier molecular flexibility index (Phi) is 4.87. The van der Waals surface area contributed by atoms with Gasteiger partial charge in [-0.05, 0) is 50.1 Å². The van der Waals surface area contributed by atoms with Crippen molar-refractivity contribution in [3.05, 3.63) is 53.9 Å². The highest BCUT2D eigenvalue weighted by atomic mass is 15.3. The van der Waals surface area contributed by atoms with Crippen LogP contribution in [0.5, 0.6) is 0 Å². The highest BCUT2D eigenvalue weighted by Gasteiger charge is 2.27. The van der Waals surface area contributed by atoms with Gasteiger partial charge in [-0.25, -0.2) is 4.98 Å². The van der Waals surface area contributed by atoms with Gasteiger partial charge < -0.3 is 14.4 Å². The minimum Gasteiger partial charge on any atom is -0.368 e. The zero-order valence-corrected chi connectivity index (χ0v) is 18.6. The maximum absolute atomic E-state index is 5.08. The maximum atomic E-state index is 5.08. The van der Waals surface area contributed by atoms with E-state index in [0.29, 0.717) is 0 Å². The Bertz CT molecular complexity index is 1060. The van der Waals surface area contributed by atoms with E-state index in [1.165, 1.54) is 66.1 Å². The topological polar surface area (TPSA) is 27.5 Å². The van der Waals surface area contributed by atoms with Crippen molar-refractivity contribution in [3.8, 4) is 0 Å². The van der Waals surface area contributed by atoms with Crippen molar-refractivity contribution >= 4 is 22.4 Å². The van der Waals surface area contributed by atoms with E-state index in [2.05, 4.69) is 68.7 Å². The molecule has 5 nitrogen and oxygen atoms in total. The second-order valence-corrected chi connectivity index (χ2v) is 9.53. The Labute approximate surface area is 185 Å². The molecule has 3 aromatic rings. The molecule has 0 spiro atoms. The van der Waals surface area contributed by atoms with Gasteiger partial charge in [-0.1, -0.05) is 24.1 Å². The van der Waals surface area contributed by atoms with Crippen LogP contribution < -0.4 is 9.80 Å². The molecule has 0 radical (unpaired) electrons. The van der Waals surface area contributed by atoms with E-state index in [4.69, 9.17) is 4.98 Å². The lowest BCUT2D eigenvalue weighted by atomic mass is 9.91. The lowest BCUT2D eigenvalue weighted by Gasteiger charge is -2.37. The lowest BCUT2D eigenvalue weighted by Crippen LogP contribution is -2.46. The van der Waals surface area contributed by atoms with Crippen molar-refractivity contribution in [2.75, 3.05) is 49.1 Å². The van der Waals surface area contributed by atoms with Gasteiger partial charge in [0.25, 0.3) is 0 Å². The van der Waals surface area contributed by atoms with Gasteiger partial charge in [0.15, 0.2) is 0 Å². The van der Waals surface area contributed by atoms with Gasteiger partial charge >= 0.3 is 0 Å². The minimum absolute atomic E-state index is 0.834. The van der Waals surface area contributed by atoms with E-state index < -0.39 is 0 Å². The Morgan fingerprint density at radius 2 is 1.48 bits per heavy atom. The molecule has 0 atom stereocenters. The Morgan fingerprint density at radius 3 is 2.19 bits per heavy atom. The molecule has 0 N–H and O–H groups in total. The summed E-state index contributed by atoms with van der Waals surface area (Å²) in [5, 5.41) is 0. The molecule has 3 heterocycles. The third-order valence-corrected chi connectivity index (χ3v) is 7.68. The predicted molar refractivity (Wildman–Crippen MR) is 128 cm³/mol. The van der Waals surface area contributed by atoms with Crippen LogP contribution in [0.2, 0.25) is 0 Å². The largest absolute Gasteiger partial charge is 0.368 e. The second-order valence-electron chi connectivity index (χ2n) is 9.53. The van der Waals surface area contributed by atoms with E-state index in [1.807, 2.05) is 0 Å². The van der Waals surface area contributed by atoms with Gasteiger partial charge in [0.2, 0.25) is 0 Å². The van der Waals surface area contributed by atoms with Crippen LogP contribution in [-0.2, 0) is 13.0 Å². The highest BCUT2D eigenvalue weighted by Crippen LogP contribution is 2.29. The van der Waals surface area contributed by atoms with E-state index in [0.717, 1.165) is 45.2 Å². The molecule has 0 bridgehead atoms. The van der Waals surface area contributed by atoms with Crippen molar-refractivity contribution in [2.45, 2.75) is 45.2 Å². The molecule has 1 aromatic heterocycles. The van der Waals surface area contributed by atoms with Gasteiger partial charge in [-0.3, -0.25) is 4.90 Å². The van der Waals surface area contributed by atoms with Gasteiger partial charge in [0.1, 0.15) is 5.82 Å². The number of nitrogens with zero attached hydrogens (tertiary/aromatic N) is 5. The van der Waals surface area contributed by atoms with Gasteiger partial charge in [0, 0.05) is 69.7 Å². The lowest BCUT2D eigenvalue weighted by molar-refractivity contribution is 0.130. The summed E-state index contributed by atoms with van der Waals surface area (Å²) in [7, 11) is 0. The molecule has 0 amide bonds. The number of aryl methyl sites for hydroxylation is 1. The third kappa shape index (κ3) is 3.59. The van der Waals surface area contributed by atoms with Crippen LogP contribution in [0.25, 0.3) is 11.0 Å². The van der Waals surface area contributed by atoms with Crippen LogP contribution in [0.3, 0.4) is 0 Å². The standard InChI is InChI=1S/C26H33N5/c1-20-5-7-22(8-6-20)29-13-15-30(16-14-29)23-9-10-25-24(19-23)27-26-11-12-28(17-18-31(25)26)21-3-2-4-21/h5-10,19,21H,2-4,11-18H2,1H3. The van der Waals surface area contributed by atoms with Crippen LogP contribution in [0.4, 0.5) is 11.4 Å². The van der Waals surface area contributed by atoms with Crippen LogP contribution in [0, 0.1) is 6.92 Å². The molecule has 1 saturated carbocycles. The minimum atomic E-state index is 0.834. The summed E-state index contributed by atoms with van der Waals surface area (Å²) in [5.41, 5.74) is 6.47. The van der Waals surface area contributed by atoms with Gasteiger partial charge in [-0.15, -0.1) is 0 Å². The first-order valence-electron chi connectivity index (χ1n) is 12.0. The monoisotopic (exact) mass is 415 g/mol. The number of benzene rings is 2. The van der Waals surface area contributed by atoms with Crippen molar-refractivity contribution in [2.24, 2.45) is 0 Å². The summed E-state index contributed by atoms with van der Waals surface area (Å²) in [5.74, 6) is 1.28. The quantitative estimate of drug-likeness (QED) is 0.644. The normalized spacial score (nSPS) is 20.5. The smallest absolute Gasteiger partial charge is 0.111 e. The number of piperazine rings is 1. The van der Waals surface area contributed by atoms with Crippen LogP contribution in [-0.4, -0.2) is 59.8 Å². The predicted octanol–water partition coefficient (Wildman–Crippen LogP) is 4.08. The summed E-state index contributed by atoms with van der Waals surface area (Å²) in [6.07, 6.45) is 5.28. The van der Waals surface area contributed by atoms with Crippen molar-refractivity contribution in [1.82, 2.24) is 14.5 Å². The Hall–Kier alpha value is -2.53. The van der Waals surface area contributed by atoms with Crippen LogP contribution >= 0.6 is 0 Å². The summed E-state index contributed by atoms with van der Waals surface area (Å²) in [6, 6.07) is 16.7.